The second kappa shape index (κ2) is 14.4. The van der Waals surface area contributed by atoms with Crippen LogP contribution in [0.1, 0.15) is 22.3 Å². The lowest BCUT2D eigenvalue weighted by Gasteiger charge is -2.16. The summed E-state index contributed by atoms with van der Waals surface area (Å²) in [6, 6.07) is 52.8. The highest BCUT2D eigenvalue weighted by atomic mass is 32.1. The van der Waals surface area contributed by atoms with Crippen molar-refractivity contribution >= 4 is 111 Å². The normalized spacial score (nSPS) is 12.6. The lowest BCUT2D eigenvalue weighted by molar-refractivity contribution is 1.32. The molecule has 74 heavy (non-hydrogen) atoms. The summed E-state index contributed by atoms with van der Waals surface area (Å²) in [5.74, 6) is 0. The van der Waals surface area contributed by atoms with E-state index < -0.39 is 0 Å². The van der Waals surface area contributed by atoms with Gasteiger partial charge in [-0.15, -0.1) is 0 Å². The number of hydrogen-bond donors (Lipinski definition) is 0. The quantitative estimate of drug-likeness (QED) is 0.127. The van der Waals surface area contributed by atoms with Crippen molar-refractivity contribution in [2.45, 2.75) is 27.7 Å². The van der Waals surface area contributed by atoms with E-state index in [1.165, 1.54) is 88.8 Å². The van der Waals surface area contributed by atoms with Gasteiger partial charge in [-0.05, 0) is 82.3 Å². The molecular weight excluding hydrogens is 945 g/mol. The number of fused-ring (bicyclic) bond motifs is 12. The summed E-state index contributed by atoms with van der Waals surface area (Å²) in [7, 11) is 0. The maximum absolute atomic E-state index is 5.73. The summed E-state index contributed by atoms with van der Waals surface area (Å²) in [6.45, 7) is 8.52. The fraction of sp³-hybridized carbons (Fsp3) is 0.0625. The molecule has 11 aromatic carbocycles. The molecule has 0 unspecified atom stereocenters. The van der Waals surface area contributed by atoms with Gasteiger partial charge >= 0.3 is 0 Å². The molecule has 2 aliphatic rings. The molecule has 10 heteroatoms. The van der Waals surface area contributed by atoms with Gasteiger partial charge < -0.3 is 0 Å². The molecule has 4 heterocycles. The zero-order chi connectivity index (χ0) is 48.8. The number of nitrogens with zero attached hydrogens (tertiary/aromatic N) is 8. The van der Waals surface area contributed by atoms with E-state index in [1.54, 1.807) is 0 Å². The molecule has 8 nitrogen and oxygen atoms in total. The van der Waals surface area contributed by atoms with Crippen molar-refractivity contribution in [2.75, 3.05) is 0 Å². The maximum atomic E-state index is 5.73. The third kappa shape index (κ3) is 5.25. The molecule has 0 spiro atoms. The standard InChI is InChI=1S/C64H36N8S2/c1-29-9-5-13-33(25-29)45-57-58(46(62-61(45)69-73-70-62)34-14-6-10-30(2)26-34)66-54-42-22-18-38-40-20-24-44-52-43(23-19-39(50(40)52)37-17-21-41(53(54)65-57)51(42)49(37)38)55-56(44)68-60-48(36-16-8-12-32(4)28-36)64-63(71-74-72-64)47(59(60)67-55)35-15-7-11-31(3)27-35/h5-28H,1-4H3. The van der Waals surface area contributed by atoms with Crippen LogP contribution in [0.3, 0.4) is 0 Å². The minimum atomic E-state index is 0.829. The summed E-state index contributed by atoms with van der Waals surface area (Å²) < 4.78 is 19.9. The second-order valence-electron chi connectivity index (χ2n) is 20.3. The van der Waals surface area contributed by atoms with Crippen molar-refractivity contribution in [3.05, 3.63) is 168 Å². The topological polar surface area (TPSA) is 103 Å². The van der Waals surface area contributed by atoms with E-state index in [-0.39, 0.29) is 0 Å². The van der Waals surface area contributed by atoms with Crippen LogP contribution in [0, 0.1) is 27.7 Å². The lowest BCUT2D eigenvalue weighted by Crippen LogP contribution is -1.98. The molecule has 0 saturated carbocycles. The molecule has 0 N–H and O–H groups in total. The number of rotatable bonds is 4. The van der Waals surface area contributed by atoms with Gasteiger partial charge in [-0.1, -0.05) is 168 Å². The Morgan fingerprint density at radius 2 is 0.527 bits per heavy atom. The first kappa shape index (κ1) is 40.6. The minimum Gasteiger partial charge on any atom is -0.243 e. The van der Waals surface area contributed by atoms with Crippen LogP contribution in [-0.4, -0.2) is 37.4 Å². The summed E-state index contributed by atoms with van der Waals surface area (Å²) in [5, 5.41) is 9.63. The average Bonchev–Trinajstić information content (AvgIpc) is 4.24. The summed E-state index contributed by atoms with van der Waals surface area (Å²) in [4.78, 5) is 22.9. The van der Waals surface area contributed by atoms with Gasteiger partial charge in [-0.25, -0.2) is 19.9 Å². The van der Waals surface area contributed by atoms with Gasteiger partial charge in [0.05, 0.1) is 46.2 Å². The lowest BCUT2D eigenvalue weighted by atomic mass is 9.86. The van der Waals surface area contributed by atoms with Gasteiger partial charge in [0.15, 0.2) is 0 Å². The Bertz CT molecular complexity index is 4470. The molecular formula is C64H36N8S2. The number of benzene rings is 11. The van der Waals surface area contributed by atoms with Crippen LogP contribution in [0.4, 0.5) is 0 Å². The van der Waals surface area contributed by atoms with Crippen LogP contribution < -0.4 is 0 Å². The Morgan fingerprint density at radius 1 is 0.270 bits per heavy atom. The Morgan fingerprint density at radius 3 is 0.770 bits per heavy atom. The van der Waals surface area contributed by atoms with Gasteiger partial charge in [0.2, 0.25) is 0 Å². The van der Waals surface area contributed by atoms with Crippen LogP contribution in [0.5, 0.6) is 0 Å². The first-order valence-corrected chi connectivity index (χ1v) is 26.3. The second-order valence-corrected chi connectivity index (χ2v) is 21.3. The molecule has 0 aliphatic heterocycles. The van der Waals surface area contributed by atoms with E-state index in [2.05, 4.69) is 173 Å². The molecule has 0 saturated heterocycles. The molecule has 0 bridgehead atoms. The first-order chi connectivity index (χ1) is 36.3. The van der Waals surface area contributed by atoms with Gasteiger partial charge in [0, 0.05) is 55.3 Å². The van der Waals surface area contributed by atoms with E-state index >= 15 is 0 Å². The van der Waals surface area contributed by atoms with E-state index in [1.807, 2.05) is 0 Å². The Labute approximate surface area is 430 Å². The van der Waals surface area contributed by atoms with Crippen molar-refractivity contribution in [1.82, 2.24) is 37.4 Å². The van der Waals surface area contributed by atoms with Crippen LogP contribution in [0.25, 0.3) is 177 Å². The smallest absolute Gasteiger partial charge is 0.115 e. The largest absolute Gasteiger partial charge is 0.243 e. The average molecular weight is 981 g/mol. The fourth-order valence-electron chi connectivity index (χ4n) is 12.8. The monoisotopic (exact) mass is 980 g/mol. The third-order valence-electron chi connectivity index (χ3n) is 15.8. The maximum Gasteiger partial charge on any atom is 0.115 e. The molecule has 15 aromatic rings. The van der Waals surface area contributed by atoms with Crippen molar-refractivity contribution < 1.29 is 0 Å². The molecule has 17 rings (SSSR count). The Balaban J connectivity index is 0.927. The van der Waals surface area contributed by atoms with Crippen molar-refractivity contribution in [2.24, 2.45) is 0 Å². The molecule has 0 radical (unpaired) electrons. The predicted octanol–water partition coefficient (Wildman–Crippen LogP) is 16.8. The molecule has 2 aliphatic carbocycles. The van der Waals surface area contributed by atoms with E-state index in [0.29, 0.717) is 0 Å². The highest BCUT2D eigenvalue weighted by Gasteiger charge is 2.34. The molecule has 344 valence electrons. The number of aryl methyl sites for hydroxylation is 4. The summed E-state index contributed by atoms with van der Waals surface area (Å²) >= 11 is 2.49. The van der Waals surface area contributed by atoms with Crippen molar-refractivity contribution in [1.29, 1.82) is 0 Å². The first-order valence-electron chi connectivity index (χ1n) is 24.8. The van der Waals surface area contributed by atoms with Gasteiger partial charge in [0.25, 0.3) is 0 Å². The van der Waals surface area contributed by atoms with Crippen LogP contribution in [-0.2, 0) is 0 Å². The van der Waals surface area contributed by atoms with Gasteiger partial charge in [-0.2, -0.15) is 17.5 Å². The molecule has 4 aromatic heterocycles. The van der Waals surface area contributed by atoms with Crippen molar-refractivity contribution in [3.63, 3.8) is 0 Å². The van der Waals surface area contributed by atoms with E-state index in [4.69, 9.17) is 37.4 Å². The number of aromatic nitrogens is 8. The Kier molecular flexibility index (Phi) is 7.89. The zero-order valence-electron chi connectivity index (χ0n) is 40.3. The van der Waals surface area contributed by atoms with Crippen LogP contribution >= 0.6 is 23.5 Å². The van der Waals surface area contributed by atoms with Gasteiger partial charge in [0.1, 0.15) is 44.1 Å². The third-order valence-corrected chi connectivity index (χ3v) is 16.9. The van der Waals surface area contributed by atoms with E-state index in [9.17, 15) is 0 Å². The highest BCUT2D eigenvalue weighted by molar-refractivity contribution is 7.00. The zero-order valence-corrected chi connectivity index (χ0v) is 41.9. The molecule has 0 fully saturated rings. The summed E-state index contributed by atoms with van der Waals surface area (Å²) in [6.07, 6.45) is 0. The fourth-order valence-corrected chi connectivity index (χ4v) is 13.9. The Hall–Kier alpha value is -8.96. The van der Waals surface area contributed by atoms with Crippen LogP contribution in [0.15, 0.2) is 146 Å². The minimum absolute atomic E-state index is 0.829. The SMILES string of the molecule is Cc1cccc(-c2c3nsnc3c(-c3cccc(C)c3)c3nc4c(nc23)-c2ccc3c5ccc6c7c(ccc(c8ccc-4c2c38)c75)-c2nc3c(-c4cccc(C)c4)c4nsnc4c(-c4cccc(C)c4)c3nc2-6)c1. The highest BCUT2D eigenvalue weighted by Crippen LogP contribution is 2.56. The van der Waals surface area contributed by atoms with Crippen molar-refractivity contribution in [3.8, 4) is 89.5 Å². The van der Waals surface area contributed by atoms with Gasteiger partial charge in [-0.3, -0.25) is 0 Å². The molecule has 0 amide bonds. The number of hydrogen-bond acceptors (Lipinski definition) is 10. The van der Waals surface area contributed by atoms with Crippen LogP contribution in [0.2, 0.25) is 0 Å². The predicted molar refractivity (Wildman–Crippen MR) is 305 cm³/mol. The summed E-state index contributed by atoms with van der Waals surface area (Å²) in [5.41, 5.74) is 27.4. The van der Waals surface area contributed by atoms with E-state index in [0.717, 1.165) is 134 Å². The molecule has 0 atom stereocenters.